The van der Waals surface area contributed by atoms with E-state index < -0.39 is 0 Å². The van der Waals surface area contributed by atoms with Gasteiger partial charge >= 0.3 is 0 Å². The third kappa shape index (κ3) is 5.60. The molecule has 0 aromatic rings. The Morgan fingerprint density at radius 2 is 2.22 bits per heavy atom. The van der Waals surface area contributed by atoms with Crippen molar-refractivity contribution in [2.24, 2.45) is 0 Å². The van der Waals surface area contributed by atoms with Gasteiger partial charge in [-0.05, 0) is 7.05 Å². The van der Waals surface area contributed by atoms with Crippen LogP contribution in [0.4, 0.5) is 0 Å². The van der Waals surface area contributed by atoms with Crippen LogP contribution in [0, 0.1) is 0 Å². The van der Waals surface area contributed by atoms with Crippen molar-refractivity contribution >= 4 is 11.6 Å². The molecule has 0 aliphatic rings. The fourth-order valence-corrected chi connectivity index (χ4v) is 0.594. The Morgan fingerprint density at radius 1 is 1.56 bits per heavy atom. The largest absolute Gasteiger partial charge is 0.299 e. The molecule has 0 amide bonds. The predicted molar refractivity (Wildman–Crippen MR) is 42.7 cm³/mol. The molecule has 0 aliphatic heterocycles. The minimum atomic E-state index is 0.884. The second kappa shape index (κ2) is 5.86. The van der Waals surface area contributed by atoms with E-state index >= 15 is 0 Å². The summed E-state index contributed by atoms with van der Waals surface area (Å²) in [6.07, 6.45) is 3.76. The summed E-state index contributed by atoms with van der Waals surface area (Å²) in [6.45, 7) is 5.40. The molecular formula is C7H12ClN. The number of hydrogen-bond donors (Lipinski definition) is 0. The highest BCUT2D eigenvalue weighted by Crippen LogP contribution is 1.84. The van der Waals surface area contributed by atoms with Crippen molar-refractivity contribution in [3.05, 3.63) is 24.3 Å². The molecule has 0 aromatic carbocycles. The van der Waals surface area contributed by atoms with Crippen LogP contribution in [0.15, 0.2) is 24.3 Å². The molecule has 0 aromatic heterocycles. The van der Waals surface area contributed by atoms with E-state index in [1.54, 1.807) is 0 Å². The highest BCUT2D eigenvalue weighted by molar-refractivity contribution is 6.25. The third-order valence-corrected chi connectivity index (χ3v) is 1.13. The van der Waals surface area contributed by atoms with Crippen LogP contribution >= 0.6 is 11.6 Å². The first-order valence-corrected chi connectivity index (χ1v) is 3.29. The maximum atomic E-state index is 5.31. The summed E-state index contributed by atoms with van der Waals surface area (Å²) in [6, 6.07) is 0. The van der Waals surface area contributed by atoms with E-state index in [0.29, 0.717) is 0 Å². The fraction of sp³-hybridized carbons (Fsp3) is 0.429. The van der Waals surface area contributed by atoms with Crippen molar-refractivity contribution in [2.45, 2.75) is 0 Å². The summed E-state index contributed by atoms with van der Waals surface area (Å²) >= 11 is 5.31. The highest BCUT2D eigenvalue weighted by atomic mass is 35.5. The first-order chi connectivity index (χ1) is 4.31. The van der Waals surface area contributed by atoms with Crippen LogP contribution in [0.3, 0.4) is 0 Å². The Kier molecular flexibility index (Phi) is 5.68. The second-order valence-corrected chi connectivity index (χ2v) is 2.12. The van der Waals surface area contributed by atoms with Gasteiger partial charge in [-0.25, -0.2) is 0 Å². The van der Waals surface area contributed by atoms with Gasteiger partial charge in [0.05, 0.1) is 0 Å². The highest BCUT2D eigenvalue weighted by Gasteiger charge is 1.87. The zero-order valence-electron chi connectivity index (χ0n) is 5.68. The molecule has 2 heteroatoms. The SMILES string of the molecule is C=CCN(C)C/C=C/Cl. The normalized spacial score (nSPS) is 11.0. The number of halogens is 1. The van der Waals surface area contributed by atoms with Gasteiger partial charge in [0.25, 0.3) is 0 Å². The topological polar surface area (TPSA) is 3.24 Å². The van der Waals surface area contributed by atoms with Crippen molar-refractivity contribution in [1.82, 2.24) is 4.90 Å². The molecule has 0 aliphatic carbocycles. The molecule has 0 radical (unpaired) electrons. The summed E-state index contributed by atoms with van der Waals surface area (Å²) < 4.78 is 0. The molecule has 52 valence electrons. The van der Waals surface area contributed by atoms with Gasteiger partial charge in [0.1, 0.15) is 0 Å². The molecule has 0 heterocycles. The quantitative estimate of drug-likeness (QED) is 0.546. The molecule has 0 saturated carbocycles. The zero-order chi connectivity index (χ0) is 7.11. The average molecular weight is 146 g/mol. The van der Waals surface area contributed by atoms with E-state index in [0.717, 1.165) is 13.1 Å². The monoisotopic (exact) mass is 145 g/mol. The number of rotatable bonds is 4. The van der Waals surface area contributed by atoms with Gasteiger partial charge in [0.2, 0.25) is 0 Å². The number of hydrogen-bond acceptors (Lipinski definition) is 1. The summed E-state index contributed by atoms with van der Waals surface area (Å²) in [5.74, 6) is 0. The van der Waals surface area contributed by atoms with Crippen molar-refractivity contribution in [3.63, 3.8) is 0 Å². The minimum absolute atomic E-state index is 0.884. The summed E-state index contributed by atoms with van der Waals surface area (Å²) in [4.78, 5) is 2.10. The van der Waals surface area contributed by atoms with Crippen molar-refractivity contribution in [1.29, 1.82) is 0 Å². The van der Waals surface area contributed by atoms with Crippen LogP contribution in [0.25, 0.3) is 0 Å². The summed E-state index contributed by atoms with van der Waals surface area (Å²) in [5, 5.41) is 0. The molecule has 0 atom stereocenters. The predicted octanol–water partition coefficient (Wildman–Crippen LogP) is 1.86. The van der Waals surface area contributed by atoms with Crippen LogP contribution in [-0.4, -0.2) is 25.0 Å². The zero-order valence-corrected chi connectivity index (χ0v) is 6.43. The third-order valence-electron chi connectivity index (χ3n) is 0.947. The summed E-state index contributed by atoms with van der Waals surface area (Å²) in [7, 11) is 2.01. The first kappa shape index (κ1) is 8.73. The van der Waals surface area contributed by atoms with E-state index in [1.807, 2.05) is 19.2 Å². The Balaban J connectivity index is 3.25. The van der Waals surface area contributed by atoms with Gasteiger partial charge in [0, 0.05) is 18.6 Å². The molecule has 0 unspecified atom stereocenters. The molecule has 1 nitrogen and oxygen atoms in total. The molecule has 0 rings (SSSR count). The van der Waals surface area contributed by atoms with E-state index in [1.165, 1.54) is 5.54 Å². The van der Waals surface area contributed by atoms with E-state index in [4.69, 9.17) is 11.6 Å². The Hall–Kier alpha value is -0.270. The van der Waals surface area contributed by atoms with E-state index in [-0.39, 0.29) is 0 Å². The Morgan fingerprint density at radius 3 is 2.67 bits per heavy atom. The number of nitrogens with zero attached hydrogens (tertiary/aromatic N) is 1. The second-order valence-electron chi connectivity index (χ2n) is 1.87. The Labute approximate surface area is 61.6 Å². The smallest absolute Gasteiger partial charge is 0.0175 e. The van der Waals surface area contributed by atoms with E-state index in [9.17, 15) is 0 Å². The average Bonchev–Trinajstić information content (AvgIpc) is 1.85. The lowest BCUT2D eigenvalue weighted by molar-refractivity contribution is 0.413. The van der Waals surface area contributed by atoms with Gasteiger partial charge in [-0.1, -0.05) is 23.8 Å². The van der Waals surface area contributed by atoms with Crippen LogP contribution in [0.5, 0.6) is 0 Å². The van der Waals surface area contributed by atoms with Crippen molar-refractivity contribution in [3.8, 4) is 0 Å². The Bertz CT molecular complexity index is 99.1. The van der Waals surface area contributed by atoms with Crippen LogP contribution < -0.4 is 0 Å². The molecule has 0 N–H and O–H groups in total. The van der Waals surface area contributed by atoms with Crippen LogP contribution in [-0.2, 0) is 0 Å². The number of likely N-dealkylation sites (N-methyl/N-ethyl adjacent to an activating group) is 1. The van der Waals surface area contributed by atoms with Crippen LogP contribution in [0.2, 0.25) is 0 Å². The lowest BCUT2D eigenvalue weighted by Crippen LogP contribution is -2.17. The van der Waals surface area contributed by atoms with Gasteiger partial charge in [0.15, 0.2) is 0 Å². The van der Waals surface area contributed by atoms with Gasteiger partial charge < -0.3 is 0 Å². The fourth-order valence-electron chi connectivity index (χ4n) is 0.515. The molecule has 0 bridgehead atoms. The van der Waals surface area contributed by atoms with Crippen LogP contribution in [0.1, 0.15) is 0 Å². The van der Waals surface area contributed by atoms with Crippen molar-refractivity contribution < 1.29 is 0 Å². The molecule has 0 spiro atoms. The summed E-state index contributed by atoms with van der Waals surface area (Å²) in [5.41, 5.74) is 1.53. The van der Waals surface area contributed by atoms with Crippen molar-refractivity contribution in [2.75, 3.05) is 20.1 Å². The minimum Gasteiger partial charge on any atom is -0.299 e. The molecule has 0 saturated heterocycles. The van der Waals surface area contributed by atoms with E-state index in [2.05, 4.69) is 11.5 Å². The lowest BCUT2D eigenvalue weighted by Gasteiger charge is -2.09. The standard InChI is InChI=1S/C7H12ClN/c1-3-6-9(2)7-4-5-8/h3-5H,1,6-7H2,2H3/b5-4+. The van der Waals surface area contributed by atoms with Gasteiger partial charge in [-0.3, -0.25) is 4.90 Å². The molecular weight excluding hydrogens is 134 g/mol. The van der Waals surface area contributed by atoms with Gasteiger partial charge in [-0.15, -0.1) is 6.58 Å². The molecule has 0 fully saturated rings. The van der Waals surface area contributed by atoms with Gasteiger partial charge in [-0.2, -0.15) is 0 Å². The maximum absolute atomic E-state index is 5.31. The first-order valence-electron chi connectivity index (χ1n) is 2.86. The lowest BCUT2D eigenvalue weighted by atomic mass is 10.5. The molecule has 9 heavy (non-hydrogen) atoms. The maximum Gasteiger partial charge on any atom is 0.0175 e.